The molecule has 1 aliphatic rings. The summed E-state index contributed by atoms with van der Waals surface area (Å²) in [5.41, 5.74) is -1.07. The van der Waals surface area contributed by atoms with Gasteiger partial charge in [0.2, 0.25) is 0 Å². The van der Waals surface area contributed by atoms with Crippen LogP contribution in [0.1, 0.15) is 73.6 Å². The Hall–Kier alpha value is -1.69. The Morgan fingerprint density at radius 3 is 1.87 bits per heavy atom. The van der Waals surface area contributed by atoms with Crippen molar-refractivity contribution in [3.8, 4) is 0 Å². The zero-order chi connectivity index (χ0) is 22.8. The van der Waals surface area contributed by atoms with Gasteiger partial charge in [-0.2, -0.15) is 8.78 Å². The fraction of sp³-hybridized carbons (Fsp3) is 0.500. The molecule has 0 spiro atoms. The summed E-state index contributed by atoms with van der Waals surface area (Å²) in [5.74, 6) is -3.58. The highest BCUT2D eigenvalue weighted by atomic mass is 35.5. The van der Waals surface area contributed by atoms with E-state index in [-0.39, 0.29) is 29.9 Å². The van der Waals surface area contributed by atoms with Crippen LogP contribution in [0.2, 0.25) is 0 Å². The van der Waals surface area contributed by atoms with E-state index in [2.05, 4.69) is 6.92 Å². The molecule has 0 saturated heterocycles. The summed E-state index contributed by atoms with van der Waals surface area (Å²) in [5, 5.41) is -4.18. The lowest BCUT2D eigenvalue weighted by molar-refractivity contribution is 0.0858. The van der Waals surface area contributed by atoms with Crippen molar-refractivity contribution in [3.05, 3.63) is 69.8 Å². The van der Waals surface area contributed by atoms with Crippen molar-refractivity contribution < 1.29 is 26.3 Å². The maximum Gasteiger partial charge on any atom is 0.353 e. The fourth-order valence-corrected chi connectivity index (χ4v) is 4.78. The van der Waals surface area contributed by atoms with Crippen LogP contribution in [0, 0.1) is 29.2 Å². The summed E-state index contributed by atoms with van der Waals surface area (Å²) in [7, 11) is 0. The van der Waals surface area contributed by atoms with E-state index in [1.165, 1.54) is 18.6 Å². The van der Waals surface area contributed by atoms with E-state index in [4.69, 9.17) is 11.6 Å². The molecule has 0 radical (unpaired) electrons. The molecule has 1 saturated carbocycles. The monoisotopic (exact) mass is 462 g/mol. The van der Waals surface area contributed by atoms with Crippen LogP contribution in [-0.2, 0) is 18.2 Å². The van der Waals surface area contributed by atoms with E-state index in [1.54, 1.807) is 0 Å². The van der Waals surface area contributed by atoms with Crippen LogP contribution in [0.15, 0.2) is 24.3 Å². The van der Waals surface area contributed by atoms with Crippen molar-refractivity contribution in [1.29, 1.82) is 0 Å². The van der Waals surface area contributed by atoms with Gasteiger partial charge in [-0.25, -0.2) is 17.6 Å². The highest BCUT2D eigenvalue weighted by Crippen LogP contribution is 2.39. The van der Waals surface area contributed by atoms with E-state index in [1.807, 2.05) is 0 Å². The number of aryl methyl sites for hydroxylation is 1. The first-order valence-corrected chi connectivity index (χ1v) is 11.0. The minimum Gasteiger partial charge on any atom is -0.207 e. The van der Waals surface area contributed by atoms with Crippen LogP contribution in [0.5, 0.6) is 0 Å². The van der Waals surface area contributed by atoms with Crippen LogP contribution in [0.3, 0.4) is 0 Å². The average molecular weight is 463 g/mol. The normalized spacial score (nSPS) is 19.6. The van der Waals surface area contributed by atoms with Gasteiger partial charge < -0.3 is 0 Å². The third kappa shape index (κ3) is 5.76. The van der Waals surface area contributed by atoms with E-state index in [0.717, 1.165) is 32.1 Å². The molecule has 0 aliphatic heterocycles. The molecule has 0 N–H and O–H groups in total. The number of halogens is 7. The second-order valence-corrected chi connectivity index (χ2v) is 8.88. The van der Waals surface area contributed by atoms with Gasteiger partial charge in [0, 0.05) is 5.56 Å². The van der Waals surface area contributed by atoms with E-state index in [0.29, 0.717) is 23.6 Å². The molecular weight excluding hydrogens is 438 g/mol. The quantitative estimate of drug-likeness (QED) is 0.286. The maximum atomic E-state index is 14.6. The Morgan fingerprint density at radius 1 is 0.839 bits per heavy atom. The summed E-state index contributed by atoms with van der Waals surface area (Å²) < 4.78 is 83.2. The topological polar surface area (TPSA) is 0 Å². The highest BCUT2D eigenvalue weighted by molar-refractivity contribution is 6.21. The number of hydrogen-bond acceptors (Lipinski definition) is 0. The molecule has 0 atom stereocenters. The second kappa shape index (κ2) is 9.85. The Labute approximate surface area is 183 Å². The Morgan fingerprint density at radius 2 is 1.39 bits per heavy atom. The molecule has 0 aromatic heterocycles. The number of hydrogen-bond donors (Lipinski definition) is 0. The number of benzene rings is 2. The Kier molecular flexibility index (Phi) is 7.61. The molecule has 3 rings (SSSR count). The molecule has 7 heteroatoms. The largest absolute Gasteiger partial charge is 0.353 e. The minimum absolute atomic E-state index is 0.0109. The Bertz CT molecular complexity index is 867. The van der Waals surface area contributed by atoms with Crippen LogP contribution < -0.4 is 0 Å². The molecule has 31 heavy (non-hydrogen) atoms. The molecule has 0 nitrogen and oxygen atoms in total. The third-order valence-corrected chi connectivity index (χ3v) is 6.42. The van der Waals surface area contributed by atoms with Gasteiger partial charge in [0.05, 0.1) is 0 Å². The molecule has 0 bridgehead atoms. The van der Waals surface area contributed by atoms with Gasteiger partial charge in [-0.3, -0.25) is 0 Å². The van der Waals surface area contributed by atoms with Crippen molar-refractivity contribution in [3.63, 3.8) is 0 Å². The molecule has 2 aromatic carbocycles. The molecule has 1 aliphatic carbocycles. The van der Waals surface area contributed by atoms with E-state index >= 15 is 0 Å². The number of alkyl halides is 3. The van der Waals surface area contributed by atoms with Gasteiger partial charge in [-0.05, 0) is 97.4 Å². The molecule has 2 aromatic rings. The van der Waals surface area contributed by atoms with Crippen molar-refractivity contribution in [1.82, 2.24) is 0 Å². The molecular formula is C24H25ClF6. The first kappa shape index (κ1) is 24.0. The highest BCUT2D eigenvalue weighted by Gasteiger charge is 2.35. The van der Waals surface area contributed by atoms with Crippen molar-refractivity contribution in [2.45, 2.75) is 69.6 Å². The zero-order valence-electron chi connectivity index (χ0n) is 17.3. The summed E-state index contributed by atoms with van der Waals surface area (Å²) in [6.45, 7) is 2.15. The minimum atomic E-state index is -4.18. The van der Waals surface area contributed by atoms with Gasteiger partial charge in [-0.1, -0.05) is 19.8 Å². The van der Waals surface area contributed by atoms with Gasteiger partial charge in [0.1, 0.15) is 28.8 Å². The van der Waals surface area contributed by atoms with E-state index < -0.39 is 34.2 Å². The van der Waals surface area contributed by atoms with E-state index in [9.17, 15) is 26.3 Å². The van der Waals surface area contributed by atoms with Crippen LogP contribution in [0.25, 0.3) is 0 Å². The summed E-state index contributed by atoms with van der Waals surface area (Å²) in [6.07, 6.45) is 5.96. The van der Waals surface area contributed by atoms with Gasteiger partial charge in [0.25, 0.3) is 0 Å². The van der Waals surface area contributed by atoms with Crippen molar-refractivity contribution >= 4 is 11.6 Å². The van der Waals surface area contributed by atoms with Gasteiger partial charge in [0.15, 0.2) is 0 Å². The Balaban J connectivity index is 1.71. The predicted octanol–water partition coefficient (Wildman–Crippen LogP) is 8.39. The summed E-state index contributed by atoms with van der Waals surface area (Å²) >= 11 is 4.73. The molecule has 170 valence electrons. The SMILES string of the molecule is CCCC1CCC(c2cc(F)c(CCc3cc(F)c(C(F)(F)Cl)c(F)c3)c(F)c2)CC1. The van der Waals surface area contributed by atoms with Gasteiger partial charge >= 0.3 is 5.38 Å². The smallest absolute Gasteiger partial charge is 0.207 e. The lowest BCUT2D eigenvalue weighted by Crippen LogP contribution is -2.14. The van der Waals surface area contributed by atoms with Gasteiger partial charge in [-0.15, -0.1) is 0 Å². The second-order valence-electron chi connectivity index (χ2n) is 8.40. The summed E-state index contributed by atoms with van der Waals surface area (Å²) in [4.78, 5) is 0. The first-order chi connectivity index (χ1) is 14.6. The zero-order valence-corrected chi connectivity index (χ0v) is 18.0. The molecule has 1 fully saturated rings. The predicted molar refractivity (Wildman–Crippen MR) is 109 cm³/mol. The first-order valence-electron chi connectivity index (χ1n) is 10.6. The fourth-order valence-electron chi connectivity index (χ4n) is 4.60. The van der Waals surface area contributed by atoms with Crippen LogP contribution in [0.4, 0.5) is 26.3 Å². The van der Waals surface area contributed by atoms with Crippen molar-refractivity contribution in [2.24, 2.45) is 5.92 Å². The maximum absolute atomic E-state index is 14.6. The molecule has 0 amide bonds. The lowest BCUT2D eigenvalue weighted by atomic mass is 9.77. The lowest BCUT2D eigenvalue weighted by Gasteiger charge is -2.29. The van der Waals surface area contributed by atoms with Crippen LogP contribution in [-0.4, -0.2) is 0 Å². The molecule has 0 unspecified atom stereocenters. The third-order valence-electron chi connectivity index (χ3n) is 6.23. The summed E-state index contributed by atoms with van der Waals surface area (Å²) in [6, 6.07) is 4.13. The standard InChI is InChI=1S/C24H25ClF6/c1-2-3-14-4-7-16(8-5-14)17-12-19(26)18(20(27)13-17)9-6-15-10-21(28)23(22(29)11-15)24(25,30)31/h10-14,16H,2-9H2,1H3. The molecule has 0 heterocycles. The van der Waals surface area contributed by atoms with Crippen LogP contribution >= 0.6 is 11.6 Å². The van der Waals surface area contributed by atoms with Crippen molar-refractivity contribution in [2.75, 3.05) is 0 Å². The average Bonchev–Trinajstić information content (AvgIpc) is 2.66. The number of rotatable bonds is 7.